The van der Waals surface area contributed by atoms with Crippen molar-refractivity contribution in [1.82, 2.24) is 9.97 Å². The van der Waals surface area contributed by atoms with Gasteiger partial charge in [0.25, 0.3) is 0 Å². The van der Waals surface area contributed by atoms with Crippen LogP contribution >= 0.6 is 0 Å². The Morgan fingerprint density at radius 3 is 2.63 bits per heavy atom. The summed E-state index contributed by atoms with van der Waals surface area (Å²) in [5.74, 6) is -0.909. The molecule has 198 valence electrons. The van der Waals surface area contributed by atoms with Crippen molar-refractivity contribution in [2.45, 2.75) is 83.7 Å². The minimum atomic E-state index is -0.789. The molecule has 0 amide bonds. The Morgan fingerprint density at radius 1 is 1.11 bits per heavy atom. The maximum Gasteiger partial charge on any atom is 0.163 e. The van der Waals surface area contributed by atoms with Gasteiger partial charge in [-0.3, -0.25) is 4.98 Å². The van der Waals surface area contributed by atoms with Crippen molar-refractivity contribution in [2.24, 2.45) is 0 Å². The predicted molar refractivity (Wildman–Crippen MR) is 147 cm³/mol. The summed E-state index contributed by atoms with van der Waals surface area (Å²) in [6.07, 6.45) is 10.2. The molecular weight excluding hydrogens is 479 g/mol. The van der Waals surface area contributed by atoms with Crippen LogP contribution in [0.1, 0.15) is 75.3 Å². The second-order valence-electron chi connectivity index (χ2n) is 10.9. The number of aromatic nitrogens is 2. The quantitative estimate of drug-likeness (QED) is 0.329. The van der Waals surface area contributed by atoms with Gasteiger partial charge in [-0.05, 0) is 79.5 Å². The first-order chi connectivity index (χ1) is 18.3. The van der Waals surface area contributed by atoms with Crippen LogP contribution in [0, 0.1) is 5.82 Å². The molecule has 1 aromatic carbocycles. The largest absolute Gasteiger partial charge is 0.347 e. The molecule has 0 unspecified atom stereocenters. The highest BCUT2D eigenvalue weighted by Gasteiger charge is 2.34. The van der Waals surface area contributed by atoms with E-state index in [1.54, 1.807) is 0 Å². The van der Waals surface area contributed by atoms with E-state index in [9.17, 15) is 9.18 Å². The van der Waals surface area contributed by atoms with Gasteiger partial charge < -0.3 is 14.3 Å². The zero-order valence-corrected chi connectivity index (χ0v) is 22.5. The topological polar surface area (TPSA) is 61.3 Å². The second kappa shape index (κ2) is 10.9. The first kappa shape index (κ1) is 26.4. The Kier molecular flexibility index (Phi) is 7.55. The molecule has 0 bridgehead atoms. The summed E-state index contributed by atoms with van der Waals surface area (Å²) >= 11 is 0. The lowest BCUT2D eigenvalue weighted by molar-refractivity contribution is -0.289. The van der Waals surface area contributed by atoms with E-state index in [1.807, 2.05) is 38.2 Å². The highest BCUT2D eigenvalue weighted by Crippen LogP contribution is 2.41. The van der Waals surface area contributed by atoms with Crippen molar-refractivity contribution >= 4 is 12.4 Å². The van der Waals surface area contributed by atoms with E-state index in [0.29, 0.717) is 12.8 Å². The number of pyridine rings is 2. The summed E-state index contributed by atoms with van der Waals surface area (Å²) in [7, 11) is 0. The van der Waals surface area contributed by atoms with Crippen molar-refractivity contribution < 1.29 is 18.7 Å². The van der Waals surface area contributed by atoms with Gasteiger partial charge in [-0.15, -0.1) is 0 Å². The normalized spacial score (nSPS) is 20.7. The van der Waals surface area contributed by atoms with Crippen molar-refractivity contribution in [3.63, 3.8) is 0 Å². The smallest absolute Gasteiger partial charge is 0.163 e. The molecule has 0 saturated carbocycles. The highest BCUT2D eigenvalue weighted by molar-refractivity contribution is 5.85. The average Bonchev–Trinajstić information content (AvgIpc) is 3.06. The monoisotopic (exact) mass is 514 g/mol. The standard InChI is InChI=1S/C32H35FN2O3/c1-20(2)29-27(15-14-24-19-25(16-18-36)38-32(3,4)37-24)28(21-10-12-23(33)13-11-21)26-9-5-7-22-8-6-17-34-30(22)31(26)35-29/h6,8,10-15,17-18,20,24-25H,5,7,9,16,19H2,1-4H3/b15-14+/t24-,25+/m1/s1. The van der Waals surface area contributed by atoms with Crippen LogP contribution in [0.4, 0.5) is 4.39 Å². The van der Waals surface area contributed by atoms with Crippen LogP contribution in [0.5, 0.6) is 0 Å². The van der Waals surface area contributed by atoms with Gasteiger partial charge in [-0.2, -0.15) is 0 Å². The van der Waals surface area contributed by atoms with Gasteiger partial charge in [0.15, 0.2) is 5.79 Å². The first-order valence-electron chi connectivity index (χ1n) is 13.5. The van der Waals surface area contributed by atoms with E-state index in [1.165, 1.54) is 17.7 Å². The number of nitrogens with zero attached hydrogens (tertiary/aromatic N) is 2. The number of aldehydes is 1. The van der Waals surface area contributed by atoms with Crippen LogP contribution in [-0.2, 0) is 27.1 Å². The Labute approximate surface area is 224 Å². The van der Waals surface area contributed by atoms with Gasteiger partial charge in [-0.1, -0.05) is 44.2 Å². The number of carbonyl (C=O) groups excluding carboxylic acids is 1. The third-order valence-electron chi connectivity index (χ3n) is 7.25. The van der Waals surface area contributed by atoms with Crippen LogP contribution in [0.3, 0.4) is 0 Å². The molecule has 6 heteroatoms. The fraction of sp³-hybridized carbons (Fsp3) is 0.406. The average molecular weight is 515 g/mol. The predicted octanol–water partition coefficient (Wildman–Crippen LogP) is 7.07. The lowest BCUT2D eigenvalue weighted by atomic mass is 9.87. The van der Waals surface area contributed by atoms with Crippen molar-refractivity contribution in [1.29, 1.82) is 0 Å². The van der Waals surface area contributed by atoms with E-state index >= 15 is 0 Å². The van der Waals surface area contributed by atoms with Crippen molar-refractivity contribution in [3.05, 3.63) is 76.9 Å². The minimum Gasteiger partial charge on any atom is -0.347 e. The molecule has 1 fully saturated rings. The Hall–Kier alpha value is -3.22. The third kappa shape index (κ3) is 5.47. The summed E-state index contributed by atoms with van der Waals surface area (Å²) in [4.78, 5) is 21.2. The number of hydrogen-bond acceptors (Lipinski definition) is 5. The zero-order chi connectivity index (χ0) is 26.9. The van der Waals surface area contributed by atoms with E-state index in [0.717, 1.165) is 64.9 Å². The molecule has 0 radical (unpaired) electrons. The van der Waals surface area contributed by atoms with Crippen molar-refractivity contribution in [3.8, 4) is 22.5 Å². The van der Waals surface area contributed by atoms with Crippen LogP contribution in [-0.4, -0.2) is 34.2 Å². The molecule has 38 heavy (non-hydrogen) atoms. The Morgan fingerprint density at radius 2 is 1.89 bits per heavy atom. The maximum atomic E-state index is 14.0. The number of aryl methyl sites for hydroxylation is 1. The fourth-order valence-electron chi connectivity index (χ4n) is 5.68. The van der Waals surface area contributed by atoms with E-state index in [4.69, 9.17) is 19.4 Å². The minimum absolute atomic E-state index is 0.143. The molecule has 1 aliphatic carbocycles. The van der Waals surface area contributed by atoms with Crippen LogP contribution in [0.2, 0.25) is 0 Å². The fourth-order valence-corrected chi connectivity index (χ4v) is 5.68. The maximum absolute atomic E-state index is 14.0. The SMILES string of the molecule is CC(C)c1nc2c(c(-c3ccc(F)cc3)c1/C=C/[C@@H]1C[C@H](CC=O)OC(C)(C)O1)CCCc1cccnc1-2. The summed E-state index contributed by atoms with van der Waals surface area (Å²) in [6.45, 7) is 8.04. The number of halogens is 1. The van der Waals surface area contributed by atoms with Gasteiger partial charge in [0.05, 0.1) is 29.3 Å². The molecule has 2 aromatic heterocycles. The summed E-state index contributed by atoms with van der Waals surface area (Å²) in [6, 6.07) is 10.9. The van der Waals surface area contributed by atoms with Crippen LogP contribution < -0.4 is 0 Å². The molecule has 2 atom stereocenters. The van der Waals surface area contributed by atoms with Gasteiger partial charge >= 0.3 is 0 Å². The number of carbonyl (C=O) groups is 1. The molecule has 0 spiro atoms. The Balaban J connectivity index is 1.69. The molecule has 1 aliphatic heterocycles. The lowest BCUT2D eigenvalue weighted by Gasteiger charge is -2.39. The number of ether oxygens (including phenoxy) is 2. The van der Waals surface area contributed by atoms with Crippen molar-refractivity contribution in [2.75, 3.05) is 0 Å². The van der Waals surface area contributed by atoms with Gasteiger partial charge in [-0.25, -0.2) is 9.37 Å². The summed E-state index contributed by atoms with van der Waals surface area (Å²) in [5, 5.41) is 0. The van der Waals surface area contributed by atoms with E-state index in [2.05, 4.69) is 32.1 Å². The summed E-state index contributed by atoms with van der Waals surface area (Å²) < 4.78 is 26.1. The van der Waals surface area contributed by atoms with Gasteiger partial charge in [0.1, 0.15) is 12.1 Å². The Bertz CT molecular complexity index is 1350. The van der Waals surface area contributed by atoms with E-state index < -0.39 is 5.79 Å². The first-order valence-corrected chi connectivity index (χ1v) is 13.5. The number of benzene rings is 1. The molecule has 3 heterocycles. The second-order valence-corrected chi connectivity index (χ2v) is 10.9. The summed E-state index contributed by atoms with van der Waals surface area (Å²) in [5.41, 5.74) is 8.23. The highest BCUT2D eigenvalue weighted by atomic mass is 19.1. The zero-order valence-electron chi connectivity index (χ0n) is 22.5. The molecule has 1 saturated heterocycles. The molecular formula is C32H35FN2O3. The number of fused-ring (bicyclic) bond motifs is 3. The molecule has 3 aromatic rings. The number of hydrogen-bond donors (Lipinski definition) is 0. The van der Waals surface area contributed by atoms with Crippen LogP contribution in [0.25, 0.3) is 28.6 Å². The van der Waals surface area contributed by atoms with E-state index in [-0.39, 0.29) is 23.9 Å². The molecule has 0 N–H and O–H groups in total. The van der Waals surface area contributed by atoms with Gasteiger partial charge in [0.2, 0.25) is 0 Å². The number of rotatable bonds is 6. The van der Waals surface area contributed by atoms with Gasteiger partial charge in [0, 0.05) is 24.6 Å². The molecule has 5 nitrogen and oxygen atoms in total. The molecule has 5 rings (SSSR count). The third-order valence-corrected chi connectivity index (χ3v) is 7.25. The van der Waals surface area contributed by atoms with Crippen LogP contribution in [0.15, 0.2) is 48.7 Å². The lowest BCUT2D eigenvalue weighted by Crippen LogP contribution is -2.44. The molecule has 2 aliphatic rings.